The quantitative estimate of drug-likeness (QED) is 0.783. The fourth-order valence-electron chi connectivity index (χ4n) is 2.13. The first-order chi connectivity index (χ1) is 7.99. The fourth-order valence-corrected chi connectivity index (χ4v) is 2.13. The van der Waals surface area contributed by atoms with Crippen molar-refractivity contribution < 1.29 is 0 Å². The van der Waals surface area contributed by atoms with Crippen molar-refractivity contribution in [3.63, 3.8) is 0 Å². The third-order valence-corrected chi connectivity index (χ3v) is 3.14. The molecule has 1 aliphatic rings. The smallest absolute Gasteiger partial charge is 0.0867 e. The molecule has 98 valence electrons. The van der Waals surface area contributed by atoms with Crippen molar-refractivity contribution in [2.75, 3.05) is 0 Å². The molecule has 0 aromatic heterocycles. The van der Waals surface area contributed by atoms with Crippen LogP contribution in [0.4, 0.5) is 0 Å². The summed E-state index contributed by atoms with van der Waals surface area (Å²) < 4.78 is 0. The van der Waals surface area contributed by atoms with Gasteiger partial charge in [0.25, 0.3) is 0 Å². The zero-order chi connectivity index (χ0) is 12.5. The van der Waals surface area contributed by atoms with E-state index in [4.69, 9.17) is 11.5 Å². The van der Waals surface area contributed by atoms with Crippen molar-refractivity contribution in [2.24, 2.45) is 11.5 Å². The average molecular weight is 244 g/mol. The molecule has 0 saturated carbocycles. The molecule has 2 heteroatoms. The molecule has 0 spiro atoms. The van der Waals surface area contributed by atoms with Crippen LogP contribution in [0.15, 0.2) is 42.5 Å². The van der Waals surface area contributed by atoms with E-state index in [0.717, 1.165) is 0 Å². The van der Waals surface area contributed by atoms with Gasteiger partial charge in [-0.2, -0.15) is 0 Å². The molecule has 4 N–H and O–H groups in total. The van der Waals surface area contributed by atoms with Gasteiger partial charge in [0.05, 0.1) is 5.66 Å². The largest absolute Gasteiger partial charge is 0.310 e. The Morgan fingerprint density at radius 1 is 1.17 bits per heavy atom. The van der Waals surface area contributed by atoms with Crippen LogP contribution in [0.5, 0.6) is 0 Å². The summed E-state index contributed by atoms with van der Waals surface area (Å²) in [5.41, 5.74) is 14.9. The number of hydrogen-bond acceptors (Lipinski definition) is 2. The highest BCUT2D eigenvalue weighted by Gasteiger charge is 2.18. The van der Waals surface area contributed by atoms with E-state index in [1.807, 2.05) is 12.2 Å². The van der Waals surface area contributed by atoms with E-state index < -0.39 is 5.66 Å². The molecule has 0 radical (unpaired) electrons. The van der Waals surface area contributed by atoms with Crippen LogP contribution in [0, 0.1) is 0 Å². The Hall–Kier alpha value is -1.38. The van der Waals surface area contributed by atoms with Gasteiger partial charge >= 0.3 is 0 Å². The van der Waals surface area contributed by atoms with E-state index in [9.17, 15) is 0 Å². The number of nitrogens with two attached hydrogens (primary N) is 2. The molecule has 2 rings (SSSR count). The molecule has 2 nitrogen and oxygen atoms in total. The Morgan fingerprint density at radius 2 is 1.83 bits per heavy atom. The number of benzene rings is 1. The number of hydrogen-bond donors (Lipinski definition) is 2. The summed E-state index contributed by atoms with van der Waals surface area (Å²) in [6, 6.07) is 8.50. The number of allylic oxidation sites excluding steroid dienone is 2. The van der Waals surface area contributed by atoms with Crippen molar-refractivity contribution in [3.8, 4) is 0 Å². The predicted molar refractivity (Wildman–Crippen MR) is 80.1 cm³/mol. The van der Waals surface area contributed by atoms with Crippen LogP contribution in [0.2, 0.25) is 0 Å². The minimum Gasteiger partial charge on any atom is -0.310 e. The van der Waals surface area contributed by atoms with E-state index in [1.54, 1.807) is 0 Å². The van der Waals surface area contributed by atoms with Crippen molar-refractivity contribution in [2.45, 2.75) is 39.3 Å². The van der Waals surface area contributed by atoms with Crippen molar-refractivity contribution in [3.05, 3.63) is 53.6 Å². The maximum atomic E-state index is 5.86. The van der Waals surface area contributed by atoms with Crippen LogP contribution < -0.4 is 11.5 Å². The lowest BCUT2D eigenvalue weighted by atomic mass is 9.88. The van der Waals surface area contributed by atoms with Gasteiger partial charge in [-0.05, 0) is 28.7 Å². The van der Waals surface area contributed by atoms with Gasteiger partial charge in [0.1, 0.15) is 0 Å². The Bertz CT molecular complexity index is 468. The van der Waals surface area contributed by atoms with Gasteiger partial charge in [0.15, 0.2) is 0 Å². The highest BCUT2D eigenvalue weighted by molar-refractivity contribution is 5.77. The summed E-state index contributed by atoms with van der Waals surface area (Å²) in [6.45, 7) is 4.42. The summed E-state index contributed by atoms with van der Waals surface area (Å²) in [4.78, 5) is 0. The van der Waals surface area contributed by atoms with Crippen LogP contribution in [0.1, 0.15) is 44.7 Å². The second-order valence-electron chi connectivity index (χ2n) is 5.05. The molecule has 18 heavy (non-hydrogen) atoms. The zero-order valence-corrected chi connectivity index (χ0v) is 10.5. The lowest BCUT2D eigenvalue weighted by Crippen LogP contribution is -2.47. The molecule has 0 unspecified atom stereocenters. The van der Waals surface area contributed by atoms with Gasteiger partial charge < -0.3 is 11.5 Å². The molecule has 0 heterocycles. The summed E-state index contributed by atoms with van der Waals surface area (Å²) in [5, 5.41) is 0. The molecule has 1 aromatic carbocycles. The van der Waals surface area contributed by atoms with Gasteiger partial charge in [-0.1, -0.05) is 57.7 Å². The Balaban J connectivity index is 0.00000162. The standard InChI is InChI=1S/C15H20N2.CH4/c1-11(2)13-5-3-4-6-14(13)12-7-9-15(16,17)10-8-12;/h3-9,11H,10,16-17H2,1-2H3;1H4. The first-order valence-corrected chi connectivity index (χ1v) is 6.06. The van der Waals surface area contributed by atoms with Crippen LogP contribution in [-0.2, 0) is 0 Å². The normalized spacial score (nSPS) is 17.3. The van der Waals surface area contributed by atoms with Gasteiger partial charge in [-0.15, -0.1) is 0 Å². The Kier molecular flexibility index (Phi) is 4.49. The van der Waals surface area contributed by atoms with Crippen LogP contribution in [0.25, 0.3) is 5.57 Å². The minimum atomic E-state index is -0.684. The molecule has 0 atom stereocenters. The van der Waals surface area contributed by atoms with E-state index in [2.05, 4.69) is 44.2 Å². The highest BCUT2D eigenvalue weighted by Crippen LogP contribution is 2.29. The van der Waals surface area contributed by atoms with Crippen LogP contribution in [-0.4, -0.2) is 5.66 Å². The third-order valence-electron chi connectivity index (χ3n) is 3.14. The summed E-state index contributed by atoms with van der Waals surface area (Å²) >= 11 is 0. The fraction of sp³-hybridized carbons (Fsp3) is 0.375. The molecular formula is C16H24N2. The monoisotopic (exact) mass is 244 g/mol. The van der Waals surface area contributed by atoms with Crippen molar-refractivity contribution in [1.82, 2.24) is 0 Å². The first-order valence-electron chi connectivity index (χ1n) is 6.06. The van der Waals surface area contributed by atoms with E-state index in [-0.39, 0.29) is 7.43 Å². The zero-order valence-electron chi connectivity index (χ0n) is 10.5. The molecule has 0 aliphatic heterocycles. The number of rotatable bonds is 2. The average Bonchev–Trinajstić information content (AvgIpc) is 2.29. The summed E-state index contributed by atoms with van der Waals surface area (Å²) in [7, 11) is 0. The van der Waals surface area contributed by atoms with Gasteiger partial charge in [0.2, 0.25) is 0 Å². The van der Waals surface area contributed by atoms with Gasteiger partial charge in [0, 0.05) is 6.42 Å². The molecular weight excluding hydrogens is 220 g/mol. The maximum Gasteiger partial charge on any atom is 0.0867 e. The Labute approximate surface area is 110 Å². The first kappa shape index (κ1) is 14.7. The minimum absolute atomic E-state index is 0. The molecule has 0 saturated heterocycles. The van der Waals surface area contributed by atoms with Crippen LogP contribution in [0.3, 0.4) is 0 Å². The third kappa shape index (κ3) is 3.09. The van der Waals surface area contributed by atoms with Crippen molar-refractivity contribution >= 4 is 5.57 Å². The highest BCUT2D eigenvalue weighted by atomic mass is 14.9. The maximum absolute atomic E-state index is 5.86. The molecule has 0 bridgehead atoms. The summed E-state index contributed by atoms with van der Waals surface area (Å²) in [6.07, 6.45) is 6.73. The second-order valence-corrected chi connectivity index (χ2v) is 5.05. The van der Waals surface area contributed by atoms with Gasteiger partial charge in [-0.25, -0.2) is 0 Å². The van der Waals surface area contributed by atoms with Crippen molar-refractivity contribution in [1.29, 1.82) is 0 Å². The molecule has 1 aromatic rings. The predicted octanol–water partition coefficient (Wildman–Crippen LogP) is 3.40. The van der Waals surface area contributed by atoms with Gasteiger partial charge in [-0.3, -0.25) is 0 Å². The molecule has 0 amide bonds. The van der Waals surface area contributed by atoms with Crippen LogP contribution >= 0.6 is 0 Å². The van der Waals surface area contributed by atoms with E-state index in [1.165, 1.54) is 16.7 Å². The van der Waals surface area contributed by atoms with E-state index in [0.29, 0.717) is 12.3 Å². The molecule has 0 fully saturated rings. The lowest BCUT2D eigenvalue weighted by Gasteiger charge is -2.24. The van der Waals surface area contributed by atoms with E-state index >= 15 is 0 Å². The second kappa shape index (κ2) is 5.51. The Morgan fingerprint density at radius 3 is 2.39 bits per heavy atom. The SMILES string of the molecule is C.CC(C)c1ccccc1C1=CCC(N)(N)C=C1. The summed E-state index contributed by atoms with van der Waals surface area (Å²) in [5.74, 6) is 0.517. The topological polar surface area (TPSA) is 52.0 Å². The lowest BCUT2D eigenvalue weighted by molar-refractivity contribution is 0.558. The molecule has 1 aliphatic carbocycles.